The van der Waals surface area contributed by atoms with Crippen molar-refractivity contribution in [3.63, 3.8) is 0 Å². The highest BCUT2D eigenvalue weighted by Gasteiger charge is 2.20. The van der Waals surface area contributed by atoms with Crippen molar-refractivity contribution >= 4 is 0 Å². The van der Waals surface area contributed by atoms with Gasteiger partial charge in [0.25, 0.3) is 0 Å². The zero-order valence-electron chi connectivity index (χ0n) is 25.8. The molecule has 1 rings (SSSR count). The summed E-state index contributed by atoms with van der Waals surface area (Å²) >= 11 is 0. The van der Waals surface area contributed by atoms with Crippen molar-refractivity contribution in [2.75, 3.05) is 39.3 Å². The molecule has 2 nitrogen and oxygen atoms in total. The largest absolute Gasteiger partial charge is 0.301 e. The first kappa shape index (κ1) is 33.9. The van der Waals surface area contributed by atoms with Crippen molar-refractivity contribution in [1.29, 1.82) is 0 Å². The van der Waals surface area contributed by atoms with Gasteiger partial charge < -0.3 is 9.80 Å². The second kappa shape index (κ2) is 25.2. The average molecular weight is 507 g/mol. The van der Waals surface area contributed by atoms with Gasteiger partial charge >= 0.3 is 0 Å². The summed E-state index contributed by atoms with van der Waals surface area (Å²) in [7, 11) is 0. The first-order chi connectivity index (χ1) is 17.7. The molecular weight excluding hydrogens is 436 g/mol. The third kappa shape index (κ3) is 19.1. The van der Waals surface area contributed by atoms with Gasteiger partial charge in [0.1, 0.15) is 0 Å². The van der Waals surface area contributed by atoms with Crippen LogP contribution in [-0.4, -0.2) is 49.1 Å². The highest BCUT2D eigenvalue weighted by atomic mass is 15.3. The summed E-state index contributed by atoms with van der Waals surface area (Å²) in [5, 5.41) is 0. The molecule has 2 heteroatoms. The fraction of sp³-hybridized carbons (Fsp3) is 1.00. The Morgan fingerprint density at radius 3 is 1.31 bits per heavy atom. The predicted molar refractivity (Wildman–Crippen MR) is 164 cm³/mol. The van der Waals surface area contributed by atoms with Crippen molar-refractivity contribution in [3.05, 3.63) is 0 Å². The molecule has 0 aromatic heterocycles. The Balaban J connectivity index is 2.25. The van der Waals surface area contributed by atoms with Crippen LogP contribution in [0.5, 0.6) is 0 Å². The van der Waals surface area contributed by atoms with E-state index in [1.165, 1.54) is 181 Å². The lowest BCUT2D eigenvalue weighted by molar-refractivity contribution is 0.111. The van der Waals surface area contributed by atoms with Crippen molar-refractivity contribution in [2.45, 2.75) is 169 Å². The van der Waals surface area contributed by atoms with Gasteiger partial charge in [-0.15, -0.1) is 0 Å². The van der Waals surface area contributed by atoms with Crippen LogP contribution < -0.4 is 0 Å². The lowest BCUT2D eigenvalue weighted by Gasteiger charge is -2.36. The van der Waals surface area contributed by atoms with E-state index < -0.39 is 0 Å². The van der Waals surface area contributed by atoms with Crippen molar-refractivity contribution in [3.8, 4) is 0 Å². The molecule has 1 fully saturated rings. The normalized spacial score (nSPS) is 17.0. The second-order valence-corrected chi connectivity index (χ2v) is 12.4. The molecule has 0 aliphatic carbocycles. The van der Waals surface area contributed by atoms with Gasteiger partial charge in [0, 0.05) is 32.7 Å². The van der Waals surface area contributed by atoms with Gasteiger partial charge in [0.05, 0.1) is 0 Å². The Labute approximate surface area is 229 Å². The molecule has 0 spiro atoms. The average Bonchev–Trinajstić information content (AvgIpc) is 2.90. The zero-order chi connectivity index (χ0) is 26.1. The maximum atomic E-state index is 2.82. The molecule has 1 saturated heterocycles. The van der Waals surface area contributed by atoms with E-state index in [0.29, 0.717) is 0 Å². The third-order valence-corrected chi connectivity index (χ3v) is 8.93. The van der Waals surface area contributed by atoms with E-state index in [-0.39, 0.29) is 0 Å². The van der Waals surface area contributed by atoms with Crippen LogP contribution in [0.3, 0.4) is 0 Å². The van der Waals surface area contributed by atoms with Gasteiger partial charge in [-0.1, -0.05) is 150 Å². The number of piperazine rings is 1. The van der Waals surface area contributed by atoms with Crippen molar-refractivity contribution in [2.24, 2.45) is 11.8 Å². The second-order valence-electron chi connectivity index (χ2n) is 12.4. The van der Waals surface area contributed by atoms with Crippen LogP contribution in [0, 0.1) is 11.8 Å². The maximum Gasteiger partial charge on any atom is 0.0110 e. The minimum absolute atomic E-state index is 0.951. The standard InChI is InChI=1S/C34H70N2/c1-5-9-13-16-19-26-34(25-18-15-11-7-3)32-36-30-28-35(29-31-36)27-21-20-24-33(22-12-8-4)23-17-14-10-6-2/h33-34H,5-32H2,1-4H3. The summed E-state index contributed by atoms with van der Waals surface area (Å²) in [6, 6.07) is 0. The molecule has 0 radical (unpaired) electrons. The minimum atomic E-state index is 0.951. The molecule has 1 aliphatic heterocycles. The summed E-state index contributed by atoms with van der Waals surface area (Å²) in [5.74, 6) is 1.96. The summed E-state index contributed by atoms with van der Waals surface area (Å²) < 4.78 is 0. The van der Waals surface area contributed by atoms with Gasteiger partial charge in [0.2, 0.25) is 0 Å². The number of hydrogen-bond donors (Lipinski definition) is 0. The lowest BCUT2D eigenvalue weighted by Crippen LogP contribution is -2.47. The van der Waals surface area contributed by atoms with Gasteiger partial charge in [0.15, 0.2) is 0 Å². The highest BCUT2D eigenvalue weighted by molar-refractivity contribution is 4.75. The Kier molecular flexibility index (Phi) is 23.8. The molecule has 0 aromatic rings. The van der Waals surface area contributed by atoms with E-state index in [0.717, 1.165) is 11.8 Å². The topological polar surface area (TPSA) is 6.48 Å². The molecule has 36 heavy (non-hydrogen) atoms. The van der Waals surface area contributed by atoms with Crippen LogP contribution in [0.1, 0.15) is 169 Å². The zero-order valence-corrected chi connectivity index (χ0v) is 25.8. The van der Waals surface area contributed by atoms with Gasteiger partial charge in [-0.3, -0.25) is 0 Å². The van der Waals surface area contributed by atoms with Crippen molar-refractivity contribution in [1.82, 2.24) is 9.80 Å². The SMILES string of the molecule is CCCCCCCC(CCCCCC)CN1CCN(CCCCC(CCCC)CCCCCC)CC1. The molecule has 1 heterocycles. The molecular formula is C34H70N2. The quantitative estimate of drug-likeness (QED) is 0.108. The maximum absolute atomic E-state index is 2.82. The Morgan fingerprint density at radius 2 is 0.778 bits per heavy atom. The molecule has 0 N–H and O–H groups in total. The van der Waals surface area contributed by atoms with E-state index in [9.17, 15) is 0 Å². The van der Waals surface area contributed by atoms with Crippen LogP contribution in [-0.2, 0) is 0 Å². The Hall–Kier alpha value is -0.0800. The molecule has 0 saturated carbocycles. The van der Waals surface area contributed by atoms with E-state index >= 15 is 0 Å². The Bertz CT molecular complexity index is 429. The smallest absolute Gasteiger partial charge is 0.0110 e. The van der Waals surface area contributed by atoms with Crippen LogP contribution >= 0.6 is 0 Å². The third-order valence-electron chi connectivity index (χ3n) is 8.93. The summed E-state index contributed by atoms with van der Waals surface area (Å²) in [5.41, 5.74) is 0. The van der Waals surface area contributed by atoms with Crippen LogP contribution in [0.25, 0.3) is 0 Å². The molecule has 2 unspecified atom stereocenters. The number of unbranched alkanes of at least 4 members (excludes halogenated alkanes) is 12. The van der Waals surface area contributed by atoms with Gasteiger partial charge in [-0.2, -0.15) is 0 Å². The number of hydrogen-bond acceptors (Lipinski definition) is 2. The number of rotatable bonds is 26. The molecule has 2 atom stereocenters. The van der Waals surface area contributed by atoms with Crippen LogP contribution in [0.4, 0.5) is 0 Å². The van der Waals surface area contributed by atoms with E-state index in [1.807, 2.05) is 0 Å². The molecule has 216 valence electrons. The fourth-order valence-corrected chi connectivity index (χ4v) is 6.34. The lowest BCUT2D eigenvalue weighted by atomic mass is 9.90. The summed E-state index contributed by atoms with van der Waals surface area (Å²) in [4.78, 5) is 5.60. The molecule has 0 amide bonds. The van der Waals surface area contributed by atoms with E-state index in [4.69, 9.17) is 0 Å². The van der Waals surface area contributed by atoms with Crippen LogP contribution in [0.15, 0.2) is 0 Å². The van der Waals surface area contributed by atoms with Crippen molar-refractivity contribution < 1.29 is 0 Å². The first-order valence-electron chi connectivity index (χ1n) is 17.2. The Morgan fingerprint density at radius 1 is 0.389 bits per heavy atom. The molecule has 1 aliphatic rings. The molecule has 0 aromatic carbocycles. The summed E-state index contributed by atoms with van der Waals surface area (Å²) in [6.45, 7) is 17.3. The highest BCUT2D eigenvalue weighted by Crippen LogP contribution is 2.24. The van der Waals surface area contributed by atoms with Crippen LogP contribution in [0.2, 0.25) is 0 Å². The number of nitrogens with zero attached hydrogens (tertiary/aromatic N) is 2. The fourth-order valence-electron chi connectivity index (χ4n) is 6.34. The minimum Gasteiger partial charge on any atom is -0.301 e. The van der Waals surface area contributed by atoms with Gasteiger partial charge in [-0.25, -0.2) is 0 Å². The van der Waals surface area contributed by atoms with E-state index in [1.54, 1.807) is 0 Å². The summed E-state index contributed by atoms with van der Waals surface area (Å²) in [6.07, 6.45) is 31.8. The monoisotopic (exact) mass is 507 g/mol. The first-order valence-corrected chi connectivity index (χ1v) is 17.2. The predicted octanol–water partition coefficient (Wildman–Crippen LogP) is 10.5. The van der Waals surface area contributed by atoms with Gasteiger partial charge in [-0.05, 0) is 37.6 Å². The van der Waals surface area contributed by atoms with E-state index in [2.05, 4.69) is 37.5 Å². The molecule has 0 bridgehead atoms.